The summed E-state index contributed by atoms with van der Waals surface area (Å²) in [7, 11) is 3.89. The highest BCUT2D eigenvalue weighted by Crippen LogP contribution is 2.15. The molecule has 0 aliphatic heterocycles. The van der Waals surface area contributed by atoms with Crippen LogP contribution >= 0.6 is 0 Å². The fourth-order valence-electron chi connectivity index (χ4n) is 1.51. The minimum absolute atomic E-state index is 0.457. The lowest BCUT2D eigenvalue weighted by Crippen LogP contribution is -2.20. The number of nitrogens with one attached hydrogen (secondary N) is 1. The van der Waals surface area contributed by atoms with Crippen LogP contribution in [0.15, 0.2) is 6.07 Å². The van der Waals surface area contributed by atoms with E-state index >= 15 is 0 Å². The fraction of sp³-hybridized carbons (Fsp3) is 0.667. The summed E-state index contributed by atoms with van der Waals surface area (Å²) in [6.07, 6.45) is 1.09. The molecule has 0 amide bonds. The molecule has 0 aromatic carbocycles. The Balaban J connectivity index is 2.88. The maximum atomic E-state index is 5.34. The third-order valence-corrected chi connectivity index (χ3v) is 2.40. The Morgan fingerprint density at radius 2 is 2.12 bits per heavy atom. The first-order valence-electron chi connectivity index (χ1n) is 6.05. The molecule has 1 aromatic rings. The zero-order chi connectivity index (χ0) is 12.7. The van der Waals surface area contributed by atoms with E-state index in [1.807, 2.05) is 27.1 Å². The van der Waals surface area contributed by atoms with E-state index < -0.39 is 0 Å². The van der Waals surface area contributed by atoms with Gasteiger partial charge in [-0.25, -0.2) is 9.97 Å². The molecular weight excluding hydrogens is 216 g/mol. The zero-order valence-corrected chi connectivity index (χ0v) is 11.2. The number of hydrogen-bond acceptors (Lipinski definition) is 5. The van der Waals surface area contributed by atoms with Gasteiger partial charge >= 0.3 is 0 Å². The van der Waals surface area contributed by atoms with E-state index in [9.17, 15) is 0 Å². The minimum Gasteiger partial charge on any atom is -0.374 e. The summed E-state index contributed by atoms with van der Waals surface area (Å²) in [5.41, 5.74) is 0. The Morgan fingerprint density at radius 3 is 2.71 bits per heavy atom. The van der Waals surface area contributed by atoms with Crippen LogP contribution in [-0.4, -0.2) is 37.2 Å². The van der Waals surface area contributed by atoms with E-state index in [0.29, 0.717) is 13.2 Å². The highest BCUT2D eigenvalue weighted by Gasteiger charge is 2.07. The smallest absolute Gasteiger partial charge is 0.158 e. The van der Waals surface area contributed by atoms with Gasteiger partial charge in [0.25, 0.3) is 0 Å². The van der Waals surface area contributed by atoms with Gasteiger partial charge in [0.15, 0.2) is 5.82 Å². The zero-order valence-electron chi connectivity index (χ0n) is 11.2. The maximum absolute atomic E-state index is 5.34. The van der Waals surface area contributed by atoms with E-state index in [4.69, 9.17) is 4.74 Å². The molecule has 96 valence electrons. The van der Waals surface area contributed by atoms with Gasteiger partial charge in [-0.15, -0.1) is 0 Å². The molecule has 0 aliphatic rings. The molecule has 5 nitrogen and oxygen atoms in total. The Hall–Kier alpha value is -1.36. The molecule has 0 bridgehead atoms. The third-order valence-electron chi connectivity index (χ3n) is 2.40. The van der Waals surface area contributed by atoms with Crippen LogP contribution in [0, 0.1) is 0 Å². The van der Waals surface area contributed by atoms with Crippen molar-refractivity contribution in [3.63, 3.8) is 0 Å². The molecule has 0 spiro atoms. The normalized spacial score (nSPS) is 10.4. The lowest BCUT2D eigenvalue weighted by Gasteiger charge is -2.18. The minimum atomic E-state index is 0.457. The highest BCUT2D eigenvalue weighted by molar-refractivity contribution is 5.48. The van der Waals surface area contributed by atoms with Gasteiger partial charge in [0.1, 0.15) is 18.2 Å². The molecule has 5 heteroatoms. The average Bonchev–Trinajstić information content (AvgIpc) is 2.36. The summed E-state index contributed by atoms with van der Waals surface area (Å²) in [5, 5.41) is 3.05. The number of aromatic nitrogens is 2. The largest absolute Gasteiger partial charge is 0.374 e. The van der Waals surface area contributed by atoms with Gasteiger partial charge in [-0.2, -0.15) is 0 Å². The molecule has 0 fully saturated rings. The highest BCUT2D eigenvalue weighted by atomic mass is 16.5. The number of hydrogen-bond donors (Lipinski definition) is 1. The predicted molar refractivity (Wildman–Crippen MR) is 70.5 cm³/mol. The van der Waals surface area contributed by atoms with Crippen molar-refractivity contribution >= 4 is 11.6 Å². The summed E-state index contributed by atoms with van der Waals surface area (Å²) in [6.45, 7) is 6.23. The first kappa shape index (κ1) is 13.7. The van der Waals surface area contributed by atoms with E-state index in [2.05, 4.69) is 27.1 Å². The molecule has 0 saturated carbocycles. The maximum Gasteiger partial charge on any atom is 0.158 e. The first-order valence-corrected chi connectivity index (χ1v) is 6.05. The molecule has 0 unspecified atom stereocenters. The molecule has 0 saturated heterocycles. The second kappa shape index (κ2) is 7.06. The molecule has 17 heavy (non-hydrogen) atoms. The monoisotopic (exact) mass is 238 g/mol. The van der Waals surface area contributed by atoms with Crippen molar-refractivity contribution < 1.29 is 4.74 Å². The lowest BCUT2D eigenvalue weighted by atomic mass is 10.4. The van der Waals surface area contributed by atoms with Crippen molar-refractivity contribution in [3.05, 3.63) is 11.9 Å². The summed E-state index contributed by atoms with van der Waals surface area (Å²) in [6, 6.07) is 1.95. The van der Waals surface area contributed by atoms with Gasteiger partial charge in [0.05, 0.1) is 0 Å². The Bertz CT molecular complexity index is 343. The Kier molecular flexibility index (Phi) is 5.69. The van der Waals surface area contributed by atoms with Crippen LogP contribution < -0.4 is 10.2 Å². The number of nitrogens with zero attached hydrogens (tertiary/aromatic N) is 3. The van der Waals surface area contributed by atoms with Crippen molar-refractivity contribution in [1.82, 2.24) is 9.97 Å². The van der Waals surface area contributed by atoms with Gasteiger partial charge in [-0.1, -0.05) is 6.92 Å². The molecule has 1 N–H and O–H groups in total. The second-order valence-electron chi connectivity index (χ2n) is 3.84. The predicted octanol–water partition coefficient (Wildman–Crippen LogP) is 1.90. The quantitative estimate of drug-likeness (QED) is 0.786. The van der Waals surface area contributed by atoms with Crippen molar-refractivity contribution in [2.45, 2.75) is 26.9 Å². The molecule has 1 rings (SSSR count). The molecule has 1 heterocycles. The SMILES string of the molecule is CCCN(C)c1cc(NC)nc(COCC)n1. The second-order valence-corrected chi connectivity index (χ2v) is 3.84. The lowest BCUT2D eigenvalue weighted by molar-refractivity contribution is 0.128. The van der Waals surface area contributed by atoms with Gasteiger partial charge in [-0.05, 0) is 13.3 Å². The topological polar surface area (TPSA) is 50.3 Å². The van der Waals surface area contributed by atoms with Crippen LogP contribution in [-0.2, 0) is 11.3 Å². The van der Waals surface area contributed by atoms with Crippen LogP contribution in [0.4, 0.5) is 11.6 Å². The first-order chi connectivity index (χ1) is 8.21. The van der Waals surface area contributed by atoms with Crippen molar-refractivity contribution in [2.24, 2.45) is 0 Å². The molecular formula is C12H22N4O. The summed E-state index contributed by atoms with van der Waals surface area (Å²) in [4.78, 5) is 11.0. The van der Waals surface area contributed by atoms with Crippen molar-refractivity contribution in [2.75, 3.05) is 37.5 Å². The molecule has 0 atom stereocenters. The van der Waals surface area contributed by atoms with Crippen LogP contribution in [0.25, 0.3) is 0 Å². The van der Waals surface area contributed by atoms with Gasteiger partial charge in [0, 0.05) is 33.3 Å². The number of ether oxygens (including phenoxy) is 1. The van der Waals surface area contributed by atoms with Crippen molar-refractivity contribution in [1.29, 1.82) is 0 Å². The number of rotatable bonds is 7. The number of anilines is 2. The molecule has 0 aliphatic carbocycles. The Morgan fingerprint density at radius 1 is 1.35 bits per heavy atom. The molecule has 0 radical (unpaired) electrons. The average molecular weight is 238 g/mol. The van der Waals surface area contributed by atoms with Gasteiger partial charge in [0.2, 0.25) is 0 Å². The van der Waals surface area contributed by atoms with E-state index in [0.717, 1.165) is 30.4 Å². The summed E-state index contributed by atoms with van der Waals surface area (Å²) >= 11 is 0. The van der Waals surface area contributed by atoms with Crippen LogP contribution in [0.3, 0.4) is 0 Å². The van der Waals surface area contributed by atoms with Crippen LogP contribution in [0.5, 0.6) is 0 Å². The van der Waals surface area contributed by atoms with E-state index in [1.54, 1.807) is 0 Å². The van der Waals surface area contributed by atoms with Crippen LogP contribution in [0.2, 0.25) is 0 Å². The standard InChI is InChI=1S/C12H22N4O/c1-5-7-16(4)12-8-10(13-3)14-11(15-12)9-17-6-2/h8H,5-7,9H2,1-4H3,(H,13,14,15). The molecule has 1 aromatic heterocycles. The Labute approximate surface area is 103 Å². The van der Waals surface area contributed by atoms with Crippen LogP contribution in [0.1, 0.15) is 26.1 Å². The fourth-order valence-corrected chi connectivity index (χ4v) is 1.51. The van der Waals surface area contributed by atoms with E-state index in [-0.39, 0.29) is 0 Å². The van der Waals surface area contributed by atoms with E-state index in [1.165, 1.54) is 0 Å². The van der Waals surface area contributed by atoms with Gasteiger partial charge < -0.3 is 15.0 Å². The van der Waals surface area contributed by atoms with Gasteiger partial charge in [-0.3, -0.25) is 0 Å². The summed E-state index contributed by atoms with van der Waals surface area (Å²) < 4.78 is 5.34. The van der Waals surface area contributed by atoms with Crippen molar-refractivity contribution in [3.8, 4) is 0 Å². The summed E-state index contributed by atoms with van der Waals surface area (Å²) in [5.74, 6) is 2.48. The third kappa shape index (κ3) is 4.19.